The summed E-state index contributed by atoms with van der Waals surface area (Å²) in [6, 6.07) is 17.9. The Bertz CT molecular complexity index is 818. The number of hydrogen-bond acceptors (Lipinski definition) is 0. The molecule has 0 spiro atoms. The molecule has 1 aliphatic carbocycles. The number of rotatable bonds is 9. The van der Waals surface area contributed by atoms with Crippen molar-refractivity contribution in [1.82, 2.24) is 0 Å². The van der Waals surface area contributed by atoms with Crippen LogP contribution < -0.4 is 0 Å². The molecule has 1 fully saturated rings. The van der Waals surface area contributed by atoms with Crippen molar-refractivity contribution in [3.05, 3.63) is 59.7 Å². The monoisotopic (exact) mass is 426 g/mol. The Morgan fingerprint density at radius 3 is 1.88 bits per heavy atom. The van der Waals surface area contributed by atoms with E-state index in [1.807, 2.05) is 0 Å². The van der Waals surface area contributed by atoms with E-state index in [0.717, 1.165) is 11.5 Å². The zero-order valence-electron chi connectivity index (χ0n) is 20.4. The summed E-state index contributed by atoms with van der Waals surface area (Å²) in [5.74, 6) is 8.58. The first-order valence-corrected chi connectivity index (χ1v) is 12.8. The van der Waals surface area contributed by atoms with Crippen LogP contribution in [0.25, 0.3) is 11.1 Å². The molecule has 1 aliphatic rings. The maximum atomic E-state index is 4.00. The lowest BCUT2D eigenvalue weighted by molar-refractivity contribution is 0.294. The van der Waals surface area contributed by atoms with Crippen LogP contribution in [0, 0.1) is 36.5 Å². The minimum absolute atomic E-state index is 0.604. The van der Waals surface area contributed by atoms with Crippen molar-refractivity contribution in [2.45, 2.75) is 90.9 Å². The van der Waals surface area contributed by atoms with Gasteiger partial charge in [-0.1, -0.05) is 101 Å². The van der Waals surface area contributed by atoms with Gasteiger partial charge in [0.2, 0.25) is 0 Å². The molecular weight excluding hydrogens is 384 g/mol. The van der Waals surface area contributed by atoms with E-state index in [9.17, 15) is 0 Å². The van der Waals surface area contributed by atoms with Crippen molar-refractivity contribution in [2.24, 2.45) is 11.8 Å². The number of benzene rings is 2. The highest BCUT2D eigenvalue weighted by Crippen LogP contribution is 2.31. The molecule has 0 saturated heterocycles. The van der Waals surface area contributed by atoms with Crippen LogP contribution in [0.1, 0.15) is 95.6 Å². The maximum Gasteiger partial charge on any atom is 0.0245 e. The summed E-state index contributed by atoms with van der Waals surface area (Å²) in [7, 11) is 0. The molecule has 0 nitrogen and oxygen atoms in total. The normalized spacial score (nSPS) is 17.5. The molecule has 0 atom stereocenters. The largest absolute Gasteiger partial charge is 0.124 e. The lowest BCUT2D eigenvalue weighted by Crippen LogP contribution is -2.13. The first-order valence-electron chi connectivity index (χ1n) is 12.8. The predicted octanol–water partition coefficient (Wildman–Crippen LogP) is 9.07. The number of aryl methyl sites for hydroxylation is 1. The molecule has 0 unspecified atom stereocenters. The fraction of sp³-hybridized carbons (Fsp3) is 0.500. The lowest BCUT2D eigenvalue weighted by atomic mass is 9.80. The van der Waals surface area contributed by atoms with Gasteiger partial charge in [0.25, 0.3) is 0 Å². The quantitative estimate of drug-likeness (QED) is 0.277. The van der Waals surface area contributed by atoms with Gasteiger partial charge in [-0.05, 0) is 73.3 Å². The van der Waals surface area contributed by atoms with E-state index in [1.165, 1.54) is 93.7 Å². The van der Waals surface area contributed by atoms with Gasteiger partial charge in [-0.25, -0.2) is 0 Å². The molecule has 0 aromatic heterocycles. The fourth-order valence-electron chi connectivity index (χ4n) is 4.65. The van der Waals surface area contributed by atoms with Crippen LogP contribution in [0.5, 0.6) is 0 Å². The van der Waals surface area contributed by atoms with Gasteiger partial charge in [-0.3, -0.25) is 0 Å². The van der Waals surface area contributed by atoms with Gasteiger partial charge in [0.15, 0.2) is 0 Å². The molecule has 2 aromatic rings. The molecule has 0 heteroatoms. The lowest BCUT2D eigenvalue weighted by Gasteiger charge is -2.25. The van der Waals surface area contributed by atoms with Crippen LogP contribution in [0.4, 0.5) is 0 Å². The van der Waals surface area contributed by atoms with Gasteiger partial charge >= 0.3 is 0 Å². The fourth-order valence-corrected chi connectivity index (χ4v) is 4.65. The minimum atomic E-state index is 0.604. The third-order valence-corrected chi connectivity index (χ3v) is 6.72. The summed E-state index contributed by atoms with van der Waals surface area (Å²) in [5.41, 5.74) is 5.19. The van der Waals surface area contributed by atoms with E-state index in [1.54, 1.807) is 0 Å². The Morgan fingerprint density at radius 2 is 1.28 bits per heavy atom. The number of hydrogen-bond donors (Lipinski definition) is 0. The standard InChI is InChI=1S/C30H40.C2H2/c1-3-5-7-9-25-11-13-27(14-12-25)15-16-28-19-23-30(24-20-28)29-21-17-26(18-22-29)10-8-6-4-2;1-2/h17-25,27H,3-14H2,1-2H3;1-2H. The Balaban J connectivity index is 0.00000176. The number of unbranched alkanes of at least 4 members (excludes halogenated alkanes) is 4. The van der Waals surface area contributed by atoms with Gasteiger partial charge in [0.1, 0.15) is 0 Å². The van der Waals surface area contributed by atoms with E-state index in [2.05, 4.69) is 87.1 Å². The second-order valence-electron chi connectivity index (χ2n) is 9.21. The van der Waals surface area contributed by atoms with E-state index < -0.39 is 0 Å². The highest BCUT2D eigenvalue weighted by atomic mass is 14.2. The molecule has 1 saturated carbocycles. The van der Waals surface area contributed by atoms with E-state index in [4.69, 9.17) is 0 Å². The molecular formula is C32H42. The van der Waals surface area contributed by atoms with Crippen molar-refractivity contribution in [3.63, 3.8) is 0 Å². The summed E-state index contributed by atoms with van der Waals surface area (Å²) in [6.07, 6.45) is 24.1. The minimum Gasteiger partial charge on any atom is -0.124 e. The molecule has 0 radical (unpaired) electrons. The zero-order chi connectivity index (χ0) is 23.0. The Kier molecular flexibility index (Phi) is 12.4. The third-order valence-electron chi connectivity index (χ3n) is 6.72. The molecule has 32 heavy (non-hydrogen) atoms. The SMILES string of the molecule is C#C.CCCCCc1ccc(-c2ccc(C#CC3CCC(CCCCC)CC3)cc2)cc1. The molecule has 0 heterocycles. The van der Waals surface area contributed by atoms with Crippen LogP contribution in [-0.4, -0.2) is 0 Å². The van der Waals surface area contributed by atoms with Crippen LogP contribution >= 0.6 is 0 Å². The van der Waals surface area contributed by atoms with Gasteiger partial charge in [0.05, 0.1) is 0 Å². The zero-order valence-corrected chi connectivity index (χ0v) is 20.4. The Labute approximate surface area is 198 Å². The average molecular weight is 427 g/mol. The van der Waals surface area contributed by atoms with E-state index in [-0.39, 0.29) is 0 Å². The van der Waals surface area contributed by atoms with Crippen LogP contribution in [0.3, 0.4) is 0 Å². The summed E-state index contributed by atoms with van der Waals surface area (Å²) in [5, 5.41) is 0. The van der Waals surface area contributed by atoms with Crippen LogP contribution in [-0.2, 0) is 6.42 Å². The van der Waals surface area contributed by atoms with Crippen molar-refractivity contribution in [1.29, 1.82) is 0 Å². The van der Waals surface area contributed by atoms with Crippen LogP contribution in [0.15, 0.2) is 48.5 Å². The first kappa shape index (κ1) is 25.8. The second kappa shape index (κ2) is 15.4. The van der Waals surface area contributed by atoms with Gasteiger partial charge in [0, 0.05) is 11.5 Å². The smallest absolute Gasteiger partial charge is 0.0245 e. The summed E-state index contributed by atoms with van der Waals surface area (Å²) >= 11 is 0. The van der Waals surface area contributed by atoms with Crippen molar-refractivity contribution < 1.29 is 0 Å². The topological polar surface area (TPSA) is 0 Å². The van der Waals surface area contributed by atoms with E-state index >= 15 is 0 Å². The van der Waals surface area contributed by atoms with Crippen molar-refractivity contribution >= 4 is 0 Å². The highest BCUT2D eigenvalue weighted by molar-refractivity contribution is 5.64. The molecule has 3 rings (SSSR count). The van der Waals surface area contributed by atoms with Crippen LogP contribution in [0.2, 0.25) is 0 Å². The Hall–Kier alpha value is -2.44. The maximum absolute atomic E-state index is 4.00. The van der Waals surface area contributed by atoms with Crippen molar-refractivity contribution in [3.8, 4) is 35.8 Å². The molecule has 0 aliphatic heterocycles. The predicted molar refractivity (Wildman–Crippen MR) is 141 cm³/mol. The molecule has 0 amide bonds. The van der Waals surface area contributed by atoms with Crippen molar-refractivity contribution in [2.75, 3.05) is 0 Å². The summed E-state index contributed by atoms with van der Waals surface area (Å²) in [6.45, 7) is 4.56. The van der Waals surface area contributed by atoms with E-state index in [0.29, 0.717) is 5.92 Å². The summed E-state index contributed by atoms with van der Waals surface area (Å²) < 4.78 is 0. The molecule has 170 valence electrons. The average Bonchev–Trinajstić information content (AvgIpc) is 2.86. The first-order chi connectivity index (χ1) is 15.8. The second-order valence-corrected chi connectivity index (χ2v) is 9.21. The van der Waals surface area contributed by atoms with Gasteiger partial charge in [-0.15, -0.1) is 12.8 Å². The Morgan fingerprint density at radius 1 is 0.719 bits per heavy atom. The summed E-state index contributed by atoms with van der Waals surface area (Å²) in [4.78, 5) is 0. The van der Waals surface area contributed by atoms with Gasteiger partial charge in [-0.2, -0.15) is 0 Å². The molecule has 2 aromatic carbocycles. The molecule has 0 bridgehead atoms. The third kappa shape index (κ3) is 8.97. The molecule has 0 N–H and O–H groups in total. The van der Waals surface area contributed by atoms with Gasteiger partial charge < -0.3 is 0 Å². The number of terminal acetylenes is 1. The highest BCUT2D eigenvalue weighted by Gasteiger charge is 2.19.